The molecule has 0 aromatic heterocycles. The van der Waals surface area contributed by atoms with Crippen LogP contribution in [0.1, 0.15) is 46.5 Å². The molecule has 1 N–H and O–H groups in total. The third kappa shape index (κ3) is 2.96. The van der Waals surface area contributed by atoms with E-state index in [0.717, 1.165) is 19.0 Å². The van der Waals surface area contributed by atoms with Crippen molar-refractivity contribution < 1.29 is 0 Å². The molecule has 3 nitrogen and oxygen atoms in total. The van der Waals surface area contributed by atoms with E-state index in [9.17, 15) is 0 Å². The zero-order chi connectivity index (χ0) is 12.2. The topological polar surface area (TPSA) is 39.1 Å². The first-order valence-electron chi connectivity index (χ1n) is 6.42. The van der Waals surface area contributed by atoms with Crippen LogP contribution < -0.4 is 5.32 Å². The van der Waals surface area contributed by atoms with Crippen LogP contribution >= 0.6 is 0 Å². The Morgan fingerprint density at radius 2 is 2.19 bits per heavy atom. The second-order valence-electron chi connectivity index (χ2n) is 5.17. The Kier molecular flexibility index (Phi) is 4.76. The van der Waals surface area contributed by atoms with E-state index in [4.69, 9.17) is 5.26 Å². The first kappa shape index (κ1) is 13.5. The summed E-state index contributed by atoms with van der Waals surface area (Å²) in [6, 6.07) is 3.78. The Hall–Kier alpha value is -0.590. The molecule has 0 aromatic carbocycles. The van der Waals surface area contributed by atoms with Gasteiger partial charge in [0.25, 0.3) is 0 Å². The Morgan fingerprint density at radius 1 is 1.50 bits per heavy atom. The Morgan fingerprint density at radius 3 is 2.69 bits per heavy atom. The van der Waals surface area contributed by atoms with Gasteiger partial charge < -0.3 is 5.32 Å². The quantitative estimate of drug-likeness (QED) is 0.776. The van der Waals surface area contributed by atoms with Gasteiger partial charge >= 0.3 is 0 Å². The highest BCUT2D eigenvalue weighted by atomic mass is 15.2. The van der Waals surface area contributed by atoms with Crippen LogP contribution in [-0.2, 0) is 0 Å². The van der Waals surface area contributed by atoms with E-state index in [1.54, 1.807) is 0 Å². The molecule has 92 valence electrons. The van der Waals surface area contributed by atoms with Crippen LogP contribution in [-0.4, -0.2) is 36.1 Å². The Labute approximate surface area is 99.8 Å². The molecule has 0 bridgehead atoms. The van der Waals surface area contributed by atoms with E-state index in [0.29, 0.717) is 6.04 Å². The summed E-state index contributed by atoms with van der Waals surface area (Å²) >= 11 is 0. The van der Waals surface area contributed by atoms with Crippen LogP contribution in [0.15, 0.2) is 0 Å². The molecule has 0 amide bonds. The van der Waals surface area contributed by atoms with Crippen LogP contribution in [0.3, 0.4) is 0 Å². The largest absolute Gasteiger partial charge is 0.303 e. The van der Waals surface area contributed by atoms with Crippen molar-refractivity contribution in [1.82, 2.24) is 10.2 Å². The van der Waals surface area contributed by atoms with Crippen molar-refractivity contribution in [2.75, 3.05) is 13.6 Å². The first-order valence-corrected chi connectivity index (χ1v) is 6.42. The number of nitrogens with one attached hydrogen (secondary N) is 1. The van der Waals surface area contributed by atoms with Crippen molar-refractivity contribution >= 4 is 0 Å². The van der Waals surface area contributed by atoms with Gasteiger partial charge in [0.1, 0.15) is 5.54 Å². The molecule has 1 aliphatic heterocycles. The summed E-state index contributed by atoms with van der Waals surface area (Å²) in [7, 11) is 1.87. The predicted octanol–water partition coefficient (Wildman–Crippen LogP) is 2.14. The second-order valence-corrected chi connectivity index (χ2v) is 5.17. The highest BCUT2D eigenvalue weighted by Gasteiger charge is 2.31. The minimum Gasteiger partial charge on any atom is -0.303 e. The molecule has 1 heterocycles. The molecule has 0 saturated carbocycles. The maximum absolute atomic E-state index is 9.12. The third-order valence-electron chi connectivity index (χ3n) is 4.09. The van der Waals surface area contributed by atoms with Crippen molar-refractivity contribution in [3.8, 4) is 6.07 Å². The normalized spacial score (nSPS) is 29.9. The molecule has 16 heavy (non-hydrogen) atoms. The highest BCUT2D eigenvalue weighted by Crippen LogP contribution is 2.26. The zero-order valence-corrected chi connectivity index (χ0v) is 11.1. The van der Waals surface area contributed by atoms with Crippen molar-refractivity contribution in [3.05, 3.63) is 0 Å². The van der Waals surface area contributed by atoms with Gasteiger partial charge in [-0.2, -0.15) is 5.26 Å². The molecule has 1 saturated heterocycles. The van der Waals surface area contributed by atoms with Gasteiger partial charge in [-0.3, -0.25) is 4.90 Å². The Bertz CT molecular complexity index is 258. The van der Waals surface area contributed by atoms with Gasteiger partial charge in [-0.1, -0.05) is 6.92 Å². The summed E-state index contributed by atoms with van der Waals surface area (Å²) in [5.74, 6) is 0. The van der Waals surface area contributed by atoms with Crippen LogP contribution in [0.5, 0.6) is 0 Å². The second kappa shape index (κ2) is 5.65. The summed E-state index contributed by atoms with van der Waals surface area (Å²) < 4.78 is 0. The predicted molar refractivity (Wildman–Crippen MR) is 67.2 cm³/mol. The van der Waals surface area contributed by atoms with Gasteiger partial charge in [-0.15, -0.1) is 0 Å². The van der Waals surface area contributed by atoms with Gasteiger partial charge in [0.2, 0.25) is 0 Å². The molecule has 0 aliphatic carbocycles. The molecule has 0 radical (unpaired) electrons. The molecule has 1 fully saturated rings. The maximum Gasteiger partial charge on any atom is 0.104 e. The monoisotopic (exact) mass is 223 g/mol. The van der Waals surface area contributed by atoms with Crippen LogP contribution in [0.25, 0.3) is 0 Å². The van der Waals surface area contributed by atoms with Gasteiger partial charge in [-0.25, -0.2) is 0 Å². The van der Waals surface area contributed by atoms with E-state index in [-0.39, 0.29) is 5.54 Å². The van der Waals surface area contributed by atoms with E-state index >= 15 is 0 Å². The zero-order valence-electron chi connectivity index (χ0n) is 11.1. The molecular formula is C13H25N3. The molecular weight excluding hydrogens is 198 g/mol. The van der Waals surface area contributed by atoms with Gasteiger partial charge in [0.15, 0.2) is 0 Å². The lowest BCUT2D eigenvalue weighted by atomic mass is 9.99. The molecule has 1 rings (SSSR count). The van der Waals surface area contributed by atoms with Gasteiger partial charge in [0.05, 0.1) is 6.07 Å². The van der Waals surface area contributed by atoms with Crippen molar-refractivity contribution in [2.45, 2.75) is 64.1 Å². The summed E-state index contributed by atoms with van der Waals surface area (Å²) in [5, 5.41) is 12.2. The van der Waals surface area contributed by atoms with E-state index in [2.05, 4.69) is 30.1 Å². The molecule has 3 heteroatoms. The molecule has 1 aliphatic rings. The molecule has 0 spiro atoms. The van der Waals surface area contributed by atoms with Crippen molar-refractivity contribution in [2.24, 2.45) is 0 Å². The summed E-state index contributed by atoms with van der Waals surface area (Å²) in [6.45, 7) is 7.58. The molecule has 3 atom stereocenters. The SMILES string of the molecule is CCC1CCC(C)N1CCC(C)(C#N)NC. The minimum absolute atomic E-state index is 0.374. The Balaban J connectivity index is 2.51. The van der Waals surface area contributed by atoms with Crippen LogP contribution in [0.2, 0.25) is 0 Å². The maximum atomic E-state index is 9.12. The third-order valence-corrected chi connectivity index (χ3v) is 4.09. The standard InChI is InChI=1S/C13H25N3/c1-5-12-7-6-11(2)16(12)9-8-13(3,10-14)15-4/h11-12,15H,5-9H2,1-4H3. The minimum atomic E-state index is -0.374. The van der Waals surface area contributed by atoms with Crippen LogP contribution in [0.4, 0.5) is 0 Å². The number of likely N-dealkylation sites (tertiary alicyclic amines) is 1. The molecule has 3 unspecified atom stereocenters. The fourth-order valence-corrected chi connectivity index (χ4v) is 2.56. The van der Waals surface area contributed by atoms with E-state index < -0.39 is 0 Å². The van der Waals surface area contributed by atoms with Crippen molar-refractivity contribution in [1.29, 1.82) is 5.26 Å². The number of hydrogen-bond donors (Lipinski definition) is 1. The summed E-state index contributed by atoms with van der Waals surface area (Å²) in [4.78, 5) is 2.58. The lowest BCUT2D eigenvalue weighted by molar-refractivity contribution is 0.183. The lowest BCUT2D eigenvalue weighted by Gasteiger charge is -2.31. The average molecular weight is 223 g/mol. The first-order chi connectivity index (χ1) is 7.56. The number of hydrogen-bond acceptors (Lipinski definition) is 3. The lowest BCUT2D eigenvalue weighted by Crippen LogP contribution is -2.44. The fourth-order valence-electron chi connectivity index (χ4n) is 2.56. The average Bonchev–Trinajstić information content (AvgIpc) is 2.67. The molecule has 0 aromatic rings. The van der Waals surface area contributed by atoms with E-state index in [1.165, 1.54) is 19.3 Å². The van der Waals surface area contributed by atoms with Gasteiger partial charge in [-0.05, 0) is 46.6 Å². The fraction of sp³-hybridized carbons (Fsp3) is 0.923. The van der Waals surface area contributed by atoms with Crippen molar-refractivity contribution in [3.63, 3.8) is 0 Å². The van der Waals surface area contributed by atoms with E-state index in [1.807, 2.05) is 14.0 Å². The number of nitriles is 1. The van der Waals surface area contributed by atoms with Crippen LogP contribution in [0, 0.1) is 11.3 Å². The number of rotatable bonds is 5. The number of nitrogens with zero attached hydrogens (tertiary/aromatic N) is 2. The smallest absolute Gasteiger partial charge is 0.104 e. The highest BCUT2D eigenvalue weighted by molar-refractivity contribution is 5.03. The summed E-state index contributed by atoms with van der Waals surface area (Å²) in [5.41, 5.74) is -0.374. The summed E-state index contributed by atoms with van der Waals surface area (Å²) in [6.07, 6.45) is 4.76. The van der Waals surface area contributed by atoms with Gasteiger partial charge in [0, 0.05) is 18.6 Å².